The number of carbonyl (C=O) groups is 2. The summed E-state index contributed by atoms with van der Waals surface area (Å²) < 4.78 is 11.7. The minimum Gasteiger partial charge on any atom is -0.461 e. The third kappa shape index (κ3) is 3.07. The van der Waals surface area contributed by atoms with Gasteiger partial charge in [0.1, 0.15) is 0 Å². The molecule has 6 heteroatoms. The molecule has 1 aromatic rings. The SMILES string of the molecule is CCOC(=O)C1(c2ccc(Br)cc2)NC2=C(CCCCC2)C(=O)O1. The smallest absolute Gasteiger partial charge is 0.377 e. The summed E-state index contributed by atoms with van der Waals surface area (Å²) in [6.07, 6.45) is 4.42. The van der Waals surface area contributed by atoms with Crippen LogP contribution in [0.4, 0.5) is 0 Å². The van der Waals surface area contributed by atoms with Gasteiger partial charge in [-0.25, -0.2) is 9.59 Å². The Hall–Kier alpha value is -1.82. The van der Waals surface area contributed by atoms with Gasteiger partial charge in [-0.2, -0.15) is 0 Å². The van der Waals surface area contributed by atoms with E-state index in [0.717, 1.165) is 35.9 Å². The molecule has 5 nitrogen and oxygen atoms in total. The van der Waals surface area contributed by atoms with Gasteiger partial charge < -0.3 is 14.8 Å². The summed E-state index contributed by atoms with van der Waals surface area (Å²) in [5, 5.41) is 3.21. The average Bonchev–Trinajstić information content (AvgIpc) is 2.81. The molecule has 1 aromatic carbocycles. The van der Waals surface area contributed by atoms with Crippen molar-refractivity contribution in [3.63, 3.8) is 0 Å². The van der Waals surface area contributed by atoms with Crippen molar-refractivity contribution in [2.24, 2.45) is 0 Å². The standard InChI is InChI=1S/C18H20BrNO4/c1-2-23-17(22)18(12-8-10-13(19)11-9-12)20-15-7-5-3-4-6-14(15)16(21)24-18/h8-11,20H,2-7H2,1H3. The fourth-order valence-corrected chi connectivity index (χ4v) is 3.41. The van der Waals surface area contributed by atoms with E-state index in [4.69, 9.17) is 9.47 Å². The first-order chi connectivity index (χ1) is 11.6. The number of hydrogen-bond donors (Lipinski definition) is 1. The lowest BCUT2D eigenvalue weighted by molar-refractivity contribution is -0.188. The highest BCUT2D eigenvalue weighted by atomic mass is 79.9. The molecule has 1 heterocycles. The molecule has 24 heavy (non-hydrogen) atoms. The van der Waals surface area contributed by atoms with Crippen LogP contribution in [0.5, 0.6) is 0 Å². The summed E-state index contributed by atoms with van der Waals surface area (Å²) >= 11 is 3.38. The minimum atomic E-state index is -1.61. The summed E-state index contributed by atoms with van der Waals surface area (Å²) in [5.41, 5.74) is 0.398. The van der Waals surface area contributed by atoms with Crippen LogP contribution >= 0.6 is 15.9 Å². The Morgan fingerprint density at radius 1 is 1.25 bits per heavy atom. The van der Waals surface area contributed by atoms with Crippen molar-refractivity contribution in [2.75, 3.05) is 6.61 Å². The maximum Gasteiger partial charge on any atom is 0.377 e. The topological polar surface area (TPSA) is 64.6 Å². The number of halogens is 1. The van der Waals surface area contributed by atoms with E-state index in [2.05, 4.69) is 21.2 Å². The summed E-state index contributed by atoms with van der Waals surface area (Å²) in [6, 6.07) is 7.12. The lowest BCUT2D eigenvalue weighted by Crippen LogP contribution is -2.56. The second-order valence-electron chi connectivity index (χ2n) is 5.94. The molecule has 0 aromatic heterocycles. The van der Waals surface area contributed by atoms with Gasteiger partial charge in [-0.15, -0.1) is 0 Å². The second-order valence-corrected chi connectivity index (χ2v) is 6.86. The fraction of sp³-hybridized carbons (Fsp3) is 0.444. The van der Waals surface area contributed by atoms with Gasteiger partial charge in [0.2, 0.25) is 0 Å². The Labute approximate surface area is 149 Å². The summed E-state index contributed by atoms with van der Waals surface area (Å²) in [6.45, 7) is 1.94. The van der Waals surface area contributed by atoms with Crippen molar-refractivity contribution in [1.29, 1.82) is 0 Å². The molecular formula is C18H20BrNO4. The summed E-state index contributed by atoms with van der Waals surface area (Å²) in [4.78, 5) is 25.3. The van der Waals surface area contributed by atoms with E-state index >= 15 is 0 Å². The highest BCUT2D eigenvalue weighted by Crippen LogP contribution is 2.36. The fourth-order valence-electron chi connectivity index (χ4n) is 3.14. The first-order valence-electron chi connectivity index (χ1n) is 8.23. The first kappa shape index (κ1) is 17.0. The number of nitrogens with one attached hydrogen (secondary N) is 1. The van der Waals surface area contributed by atoms with Crippen LogP contribution in [0.1, 0.15) is 44.6 Å². The Bertz CT molecular complexity index is 683. The lowest BCUT2D eigenvalue weighted by atomic mass is 9.97. The quantitative estimate of drug-likeness (QED) is 0.795. The molecular weight excluding hydrogens is 374 g/mol. The number of carbonyl (C=O) groups excluding carboxylic acids is 2. The average molecular weight is 394 g/mol. The van der Waals surface area contributed by atoms with Gasteiger partial charge in [0, 0.05) is 15.7 Å². The van der Waals surface area contributed by atoms with Crippen molar-refractivity contribution in [3.05, 3.63) is 45.6 Å². The molecule has 1 aliphatic carbocycles. The largest absolute Gasteiger partial charge is 0.461 e. The van der Waals surface area contributed by atoms with Gasteiger partial charge in [-0.3, -0.25) is 0 Å². The van der Waals surface area contributed by atoms with Crippen molar-refractivity contribution < 1.29 is 19.1 Å². The molecule has 0 saturated heterocycles. The van der Waals surface area contributed by atoms with Crippen molar-refractivity contribution in [1.82, 2.24) is 5.32 Å². The van der Waals surface area contributed by atoms with Crippen molar-refractivity contribution in [3.8, 4) is 0 Å². The van der Waals surface area contributed by atoms with Crippen molar-refractivity contribution in [2.45, 2.75) is 44.8 Å². The van der Waals surface area contributed by atoms with Crippen LogP contribution in [0.2, 0.25) is 0 Å². The van der Waals surface area contributed by atoms with Gasteiger partial charge >= 0.3 is 17.7 Å². The number of hydrogen-bond acceptors (Lipinski definition) is 5. The molecule has 0 radical (unpaired) electrons. The summed E-state index contributed by atoms with van der Waals surface area (Å²) in [7, 11) is 0. The molecule has 2 aliphatic rings. The zero-order valence-electron chi connectivity index (χ0n) is 13.6. The van der Waals surface area contributed by atoms with Crippen LogP contribution in [0.25, 0.3) is 0 Å². The molecule has 0 saturated carbocycles. The molecule has 3 rings (SSSR count). The zero-order valence-corrected chi connectivity index (χ0v) is 15.1. The molecule has 1 N–H and O–H groups in total. The lowest BCUT2D eigenvalue weighted by Gasteiger charge is -2.38. The molecule has 0 fully saturated rings. The summed E-state index contributed by atoms with van der Waals surface area (Å²) in [5.74, 6) is -1.03. The number of benzene rings is 1. The van der Waals surface area contributed by atoms with E-state index in [1.54, 1.807) is 19.1 Å². The van der Waals surface area contributed by atoms with Gasteiger partial charge in [-0.1, -0.05) is 34.5 Å². The van der Waals surface area contributed by atoms with Gasteiger partial charge in [-0.05, 0) is 44.7 Å². The van der Waals surface area contributed by atoms with Crippen molar-refractivity contribution >= 4 is 27.9 Å². The first-order valence-corrected chi connectivity index (χ1v) is 9.03. The predicted octanol–water partition coefficient (Wildman–Crippen LogP) is 3.53. The zero-order chi connectivity index (χ0) is 17.2. The van der Waals surface area contributed by atoms with E-state index in [0.29, 0.717) is 17.6 Å². The van der Waals surface area contributed by atoms with Crippen LogP contribution in [0.15, 0.2) is 40.0 Å². The van der Waals surface area contributed by atoms with Gasteiger partial charge in [0.25, 0.3) is 0 Å². The Morgan fingerprint density at radius 3 is 2.67 bits per heavy atom. The van der Waals surface area contributed by atoms with E-state index in [-0.39, 0.29) is 6.61 Å². The highest BCUT2D eigenvalue weighted by Gasteiger charge is 2.50. The third-order valence-electron chi connectivity index (χ3n) is 4.35. The van der Waals surface area contributed by atoms with E-state index in [9.17, 15) is 9.59 Å². The molecule has 128 valence electrons. The number of cyclic esters (lactones) is 1. The Kier molecular flexibility index (Phi) is 4.94. The maximum absolute atomic E-state index is 12.7. The molecule has 1 atom stereocenters. The van der Waals surface area contributed by atoms with Crippen LogP contribution in [-0.4, -0.2) is 18.5 Å². The molecule has 1 unspecified atom stereocenters. The Morgan fingerprint density at radius 2 is 1.96 bits per heavy atom. The van der Waals surface area contributed by atoms with Crippen LogP contribution < -0.4 is 5.32 Å². The van der Waals surface area contributed by atoms with Crippen LogP contribution in [0.3, 0.4) is 0 Å². The number of ether oxygens (including phenoxy) is 2. The number of rotatable bonds is 3. The highest BCUT2D eigenvalue weighted by molar-refractivity contribution is 9.10. The molecule has 0 amide bonds. The minimum absolute atomic E-state index is 0.211. The second kappa shape index (κ2) is 6.97. The monoisotopic (exact) mass is 393 g/mol. The molecule has 1 aliphatic heterocycles. The third-order valence-corrected chi connectivity index (χ3v) is 4.88. The van der Waals surface area contributed by atoms with Gasteiger partial charge in [0.15, 0.2) is 0 Å². The van der Waals surface area contributed by atoms with E-state index < -0.39 is 17.7 Å². The molecule has 0 spiro atoms. The molecule has 0 bridgehead atoms. The van der Waals surface area contributed by atoms with E-state index in [1.165, 1.54) is 0 Å². The number of esters is 2. The van der Waals surface area contributed by atoms with E-state index in [1.807, 2.05) is 12.1 Å². The van der Waals surface area contributed by atoms with Gasteiger partial charge in [0.05, 0.1) is 12.2 Å². The Balaban J connectivity index is 2.06. The predicted molar refractivity (Wildman–Crippen MR) is 91.8 cm³/mol. The normalized spacial score (nSPS) is 23.7. The number of allylic oxidation sites excluding steroid dienone is 1. The maximum atomic E-state index is 12.7. The van der Waals surface area contributed by atoms with Crippen LogP contribution in [0, 0.1) is 0 Å². The van der Waals surface area contributed by atoms with Crippen LogP contribution in [-0.2, 0) is 24.8 Å².